The van der Waals surface area contributed by atoms with Gasteiger partial charge in [-0.15, -0.1) is 0 Å². The number of rotatable bonds is 1. The summed E-state index contributed by atoms with van der Waals surface area (Å²) in [7, 11) is 0. The second kappa shape index (κ2) is 3.87. The van der Waals surface area contributed by atoms with Crippen molar-refractivity contribution in [2.45, 2.75) is 0 Å². The van der Waals surface area contributed by atoms with Crippen molar-refractivity contribution >= 4 is 28.3 Å². The second-order valence-electron chi connectivity index (χ2n) is 4.13. The van der Waals surface area contributed by atoms with Crippen LogP contribution in [0.15, 0.2) is 30.7 Å². The summed E-state index contributed by atoms with van der Waals surface area (Å²) in [5, 5.41) is 27.2. The summed E-state index contributed by atoms with van der Waals surface area (Å²) in [6.07, 6.45) is 2.95. The van der Waals surface area contributed by atoms with Gasteiger partial charge in [-0.2, -0.15) is 10.2 Å². The number of nitrogens with one attached hydrogen (secondary N) is 1. The standard InChI is InChI=1S/C11H6ClN7O/c12-6-1-2-8-9(3-6)18-11(17-19(8)20)7(4-15-18)10-13-5-14-16-10/h1-5H,(H,13,14,16). The van der Waals surface area contributed by atoms with E-state index in [1.165, 1.54) is 6.33 Å². The molecule has 0 unspecified atom stereocenters. The van der Waals surface area contributed by atoms with Crippen LogP contribution >= 0.6 is 11.6 Å². The molecule has 9 heteroatoms. The lowest BCUT2D eigenvalue weighted by molar-refractivity contribution is -0.640. The lowest BCUT2D eigenvalue weighted by Gasteiger charge is -2.02. The number of fused-ring (bicyclic) bond motifs is 3. The highest BCUT2D eigenvalue weighted by Gasteiger charge is 2.18. The molecule has 3 heterocycles. The molecule has 0 aliphatic carbocycles. The van der Waals surface area contributed by atoms with Gasteiger partial charge in [-0.1, -0.05) is 11.6 Å². The molecule has 0 bridgehead atoms. The van der Waals surface area contributed by atoms with E-state index in [-0.39, 0.29) is 0 Å². The van der Waals surface area contributed by atoms with Crippen LogP contribution < -0.4 is 4.85 Å². The Morgan fingerprint density at radius 1 is 1.35 bits per heavy atom. The molecular weight excluding hydrogens is 282 g/mol. The first kappa shape index (κ1) is 11.1. The Balaban J connectivity index is 2.15. The summed E-state index contributed by atoms with van der Waals surface area (Å²) >= 11 is 5.98. The average molecular weight is 288 g/mol. The third kappa shape index (κ3) is 1.45. The Kier molecular flexibility index (Phi) is 2.15. The van der Waals surface area contributed by atoms with Gasteiger partial charge in [0.05, 0.1) is 11.8 Å². The van der Waals surface area contributed by atoms with Crippen molar-refractivity contribution in [3.05, 3.63) is 41.0 Å². The van der Waals surface area contributed by atoms with Gasteiger partial charge in [0.2, 0.25) is 5.65 Å². The minimum Gasteiger partial charge on any atom is -0.594 e. The van der Waals surface area contributed by atoms with E-state index in [0.29, 0.717) is 37.9 Å². The van der Waals surface area contributed by atoms with Gasteiger partial charge >= 0.3 is 0 Å². The molecule has 20 heavy (non-hydrogen) atoms. The lowest BCUT2D eigenvalue weighted by atomic mass is 10.3. The molecule has 3 aromatic heterocycles. The number of aromatic amines is 1. The number of hydrogen-bond donors (Lipinski definition) is 1. The summed E-state index contributed by atoms with van der Waals surface area (Å²) in [6.45, 7) is 0. The van der Waals surface area contributed by atoms with Gasteiger partial charge < -0.3 is 5.21 Å². The molecule has 0 aliphatic heterocycles. The number of aromatic nitrogens is 7. The van der Waals surface area contributed by atoms with Crippen molar-refractivity contribution < 1.29 is 4.85 Å². The summed E-state index contributed by atoms with van der Waals surface area (Å²) in [6, 6.07) is 4.90. The van der Waals surface area contributed by atoms with Crippen molar-refractivity contribution in [3.8, 4) is 11.4 Å². The molecule has 0 atom stereocenters. The molecule has 0 amide bonds. The molecule has 98 valence electrons. The van der Waals surface area contributed by atoms with E-state index in [1.54, 1.807) is 28.9 Å². The fourth-order valence-corrected chi connectivity index (χ4v) is 2.25. The van der Waals surface area contributed by atoms with Gasteiger partial charge in [0.25, 0.3) is 5.52 Å². The van der Waals surface area contributed by atoms with E-state index in [4.69, 9.17) is 11.6 Å². The van der Waals surface area contributed by atoms with Crippen LogP contribution in [0.4, 0.5) is 0 Å². The van der Waals surface area contributed by atoms with Crippen molar-refractivity contribution in [2.24, 2.45) is 0 Å². The van der Waals surface area contributed by atoms with Crippen LogP contribution in [0.1, 0.15) is 0 Å². The van der Waals surface area contributed by atoms with E-state index < -0.39 is 0 Å². The van der Waals surface area contributed by atoms with Gasteiger partial charge in [0.15, 0.2) is 5.82 Å². The van der Waals surface area contributed by atoms with Gasteiger partial charge in [-0.05, 0) is 17.0 Å². The predicted octanol–water partition coefficient (Wildman–Crippen LogP) is 0.954. The van der Waals surface area contributed by atoms with Crippen LogP contribution in [0, 0.1) is 5.21 Å². The highest BCUT2D eigenvalue weighted by Crippen LogP contribution is 2.22. The van der Waals surface area contributed by atoms with E-state index >= 15 is 0 Å². The maximum Gasteiger partial charge on any atom is 0.270 e. The number of benzene rings is 1. The largest absolute Gasteiger partial charge is 0.594 e. The highest BCUT2D eigenvalue weighted by molar-refractivity contribution is 6.31. The van der Waals surface area contributed by atoms with Crippen LogP contribution in [0.2, 0.25) is 5.02 Å². The highest BCUT2D eigenvalue weighted by atomic mass is 35.5. The zero-order valence-corrected chi connectivity index (χ0v) is 10.6. The molecule has 4 aromatic rings. The van der Waals surface area contributed by atoms with Gasteiger partial charge in [0.1, 0.15) is 11.8 Å². The number of hydrogen-bond acceptors (Lipinski definition) is 5. The molecule has 0 saturated heterocycles. The van der Waals surface area contributed by atoms with Gasteiger partial charge in [-0.3, -0.25) is 5.10 Å². The van der Waals surface area contributed by atoms with E-state index in [2.05, 4.69) is 25.4 Å². The molecule has 4 rings (SSSR count). The van der Waals surface area contributed by atoms with Crippen LogP contribution in [-0.4, -0.2) is 29.9 Å². The molecule has 1 N–H and O–H groups in total. The topological polar surface area (TPSA) is 98.7 Å². The molecule has 0 spiro atoms. The second-order valence-corrected chi connectivity index (χ2v) is 4.57. The SMILES string of the molecule is [O-][n+]1nc2c(-c3ncn[nH]3)cnn2c2cc(Cl)ccc21. The molecule has 0 saturated carbocycles. The van der Waals surface area contributed by atoms with Crippen LogP contribution in [0.25, 0.3) is 28.1 Å². The Bertz CT molecular complexity index is 931. The molecular formula is C11H6ClN7O. The van der Waals surface area contributed by atoms with Gasteiger partial charge in [-0.25, -0.2) is 9.50 Å². The Hall–Kier alpha value is -2.74. The fourth-order valence-electron chi connectivity index (χ4n) is 2.08. The van der Waals surface area contributed by atoms with Gasteiger partial charge in [0, 0.05) is 16.2 Å². The number of halogens is 1. The Morgan fingerprint density at radius 2 is 2.25 bits per heavy atom. The zero-order chi connectivity index (χ0) is 13.7. The molecule has 0 aliphatic rings. The van der Waals surface area contributed by atoms with Crippen molar-refractivity contribution in [3.63, 3.8) is 0 Å². The molecule has 1 aromatic carbocycles. The summed E-state index contributed by atoms with van der Waals surface area (Å²) in [5.41, 5.74) is 1.93. The van der Waals surface area contributed by atoms with Crippen LogP contribution in [0.5, 0.6) is 0 Å². The third-order valence-electron chi connectivity index (χ3n) is 2.97. The smallest absolute Gasteiger partial charge is 0.270 e. The first-order valence-electron chi connectivity index (χ1n) is 5.66. The summed E-state index contributed by atoms with van der Waals surface area (Å²) in [4.78, 5) is 4.58. The summed E-state index contributed by atoms with van der Waals surface area (Å²) < 4.78 is 1.55. The Morgan fingerprint density at radius 3 is 3.05 bits per heavy atom. The first-order valence-corrected chi connectivity index (χ1v) is 6.04. The fraction of sp³-hybridized carbons (Fsp3) is 0. The maximum absolute atomic E-state index is 12.0. The zero-order valence-electron chi connectivity index (χ0n) is 9.86. The monoisotopic (exact) mass is 287 g/mol. The first-order chi connectivity index (χ1) is 9.74. The normalized spacial score (nSPS) is 11.4. The van der Waals surface area contributed by atoms with E-state index in [0.717, 1.165) is 0 Å². The minimum absolute atomic E-state index is 0.381. The van der Waals surface area contributed by atoms with Crippen LogP contribution in [-0.2, 0) is 0 Å². The summed E-state index contributed by atoms with van der Waals surface area (Å²) in [5.74, 6) is 0.494. The van der Waals surface area contributed by atoms with Crippen molar-refractivity contribution in [2.75, 3.05) is 0 Å². The Labute approximate surface area is 116 Å². The molecule has 0 radical (unpaired) electrons. The minimum atomic E-state index is 0.381. The molecule has 8 nitrogen and oxygen atoms in total. The van der Waals surface area contributed by atoms with E-state index in [1.807, 2.05) is 0 Å². The lowest BCUT2D eigenvalue weighted by Crippen LogP contribution is -2.33. The van der Waals surface area contributed by atoms with Crippen molar-refractivity contribution in [1.29, 1.82) is 0 Å². The van der Waals surface area contributed by atoms with Crippen molar-refractivity contribution in [1.82, 2.24) is 29.9 Å². The number of H-pyrrole nitrogens is 1. The quantitative estimate of drug-likeness (QED) is 0.415. The van der Waals surface area contributed by atoms with Crippen LogP contribution in [0.3, 0.4) is 0 Å². The predicted molar refractivity (Wildman–Crippen MR) is 69.8 cm³/mol. The third-order valence-corrected chi connectivity index (χ3v) is 3.21. The molecule has 0 fully saturated rings. The average Bonchev–Trinajstić information content (AvgIpc) is 3.06. The maximum atomic E-state index is 12.0. The van der Waals surface area contributed by atoms with E-state index in [9.17, 15) is 5.21 Å². The number of nitrogens with zero attached hydrogens (tertiary/aromatic N) is 6.